The molecule has 6 nitrogen and oxygen atoms in total. The lowest BCUT2D eigenvalue weighted by Gasteiger charge is -2.50. The number of carbonyl (C=O) groups excluding carboxylic acids is 2. The van der Waals surface area contributed by atoms with Crippen LogP contribution in [0.5, 0.6) is 0 Å². The fourth-order valence-corrected chi connectivity index (χ4v) is 4.41. The number of allylic oxidation sites excluding steroid dienone is 5. The molecule has 0 aromatic heterocycles. The average molecular weight is 442 g/mol. The first-order valence-corrected chi connectivity index (χ1v) is 11.0. The van der Waals surface area contributed by atoms with E-state index in [0.717, 1.165) is 23.8 Å². The van der Waals surface area contributed by atoms with Gasteiger partial charge in [-0.05, 0) is 37.0 Å². The van der Waals surface area contributed by atoms with Crippen molar-refractivity contribution in [2.45, 2.75) is 59.2 Å². The van der Waals surface area contributed by atoms with Crippen LogP contribution < -0.4 is 0 Å². The third-order valence-corrected chi connectivity index (χ3v) is 6.93. The highest BCUT2D eigenvalue weighted by Crippen LogP contribution is 2.52. The maximum absolute atomic E-state index is 12.9. The van der Waals surface area contributed by atoms with Gasteiger partial charge in [-0.2, -0.15) is 0 Å². The Labute approximate surface area is 191 Å². The van der Waals surface area contributed by atoms with Gasteiger partial charge < -0.3 is 14.7 Å². The van der Waals surface area contributed by atoms with Crippen molar-refractivity contribution in [3.8, 4) is 0 Å². The quantitative estimate of drug-likeness (QED) is 0.144. The Morgan fingerprint density at radius 3 is 2.72 bits per heavy atom. The Balaban J connectivity index is 2.26. The van der Waals surface area contributed by atoms with E-state index in [9.17, 15) is 9.59 Å². The SMILES string of the molecule is C=C(/C=N/O)[C@]1(OC)C[C@@]2(C)C(=CC1=O)C=C[C@H](OC(=O)/C=C/C(C)=C/[C@@H](C)CC)[C@@H]2C. The van der Waals surface area contributed by atoms with Gasteiger partial charge in [0.05, 0.1) is 6.21 Å². The Morgan fingerprint density at radius 2 is 2.12 bits per heavy atom. The third-order valence-electron chi connectivity index (χ3n) is 6.93. The standard InChI is InChI=1S/C26H35NO5/c1-8-17(2)13-18(3)9-12-24(29)32-22-11-10-21-14-23(28)26(31-7,19(4)15-27-30)16-25(21,6)20(22)5/h9-15,17,20,22,30H,4,8,16H2,1-3,5-7H3/b12-9+,18-13+,27-15+/t17-,20-,22-,25+,26+/m0/s1. The van der Waals surface area contributed by atoms with E-state index in [1.165, 1.54) is 13.2 Å². The zero-order valence-electron chi connectivity index (χ0n) is 19.9. The molecule has 0 aliphatic heterocycles. The molecule has 0 radical (unpaired) electrons. The van der Waals surface area contributed by atoms with Crippen molar-refractivity contribution in [3.05, 3.63) is 59.8 Å². The summed E-state index contributed by atoms with van der Waals surface area (Å²) >= 11 is 0. The molecule has 174 valence electrons. The molecule has 5 atom stereocenters. The molecule has 0 saturated heterocycles. The first-order chi connectivity index (χ1) is 15.0. The molecule has 2 aliphatic carbocycles. The monoisotopic (exact) mass is 441 g/mol. The van der Waals surface area contributed by atoms with Crippen LogP contribution in [0, 0.1) is 17.3 Å². The predicted octanol–water partition coefficient (Wildman–Crippen LogP) is 4.96. The van der Waals surface area contributed by atoms with Crippen LogP contribution in [0.2, 0.25) is 0 Å². The van der Waals surface area contributed by atoms with Gasteiger partial charge in [0.25, 0.3) is 0 Å². The van der Waals surface area contributed by atoms with E-state index in [-0.39, 0.29) is 23.7 Å². The molecule has 2 aliphatic rings. The van der Waals surface area contributed by atoms with E-state index < -0.39 is 23.1 Å². The third kappa shape index (κ3) is 5.01. The Hall–Kier alpha value is -2.73. The van der Waals surface area contributed by atoms with Crippen molar-refractivity contribution >= 4 is 18.0 Å². The number of carbonyl (C=O) groups is 2. The molecule has 0 aromatic carbocycles. The molecular formula is C26H35NO5. The average Bonchev–Trinajstić information content (AvgIpc) is 2.75. The van der Waals surface area contributed by atoms with Crippen LogP contribution in [-0.2, 0) is 19.1 Å². The van der Waals surface area contributed by atoms with Crippen molar-refractivity contribution < 1.29 is 24.3 Å². The maximum atomic E-state index is 12.9. The van der Waals surface area contributed by atoms with Gasteiger partial charge in [0.1, 0.15) is 6.10 Å². The van der Waals surface area contributed by atoms with Crippen LogP contribution in [0.3, 0.4) is 0 Å². The first-order valence-electron chi connectivity index (χ1n) is 11.0. The number of oxime groups is 1. The van der Waals surface area contributed by atoms with Crippen molar-refractivity contribution in [2.24, 2.45) is 22.4 Å². The summed E-state index contributed by atoms with van der Waals surface area (Å²) in [6, 6.07) is 0. The molecule has 0 saturated carbocycles. The molecule has 2 rings (SSSR count). The lowest BCUT2D eigenvalue weighted by Crippen LogP contribution is -2.54. The molecule has 0 fully saturated rings. The molecule has 0 heterocycles. The lowest BCUT2D eigenvalue weighted by atomic mass is 9.57. The summed E-state index contributed by atoms with van der Waals surface area (Å²) < 4.78 is 11.4. The van der Waals surface area contributed by atoms with Gasteiger partial charge in [-0.3, -0.25) is 4.79 Å². The van der Waals surface area contributed by atoms with Crippen LogP contribution in [0.25, 0.3) is 0 Å². The van der Waals surface area contributed by atoms with E-state index in [0.29, 0.717) is 5.92 Å². The van der Waals surface area contributed by atoms with Gasteiger partial charge >= 0.3 is 5.97 Å². The normalized spacial score (nSPS) is 31.5. The molecule has 1 N–H and O–H groups in total. The van der Waals surface area contributed by atoms with Crippen LogP contribution in [-0.4, -0.2) is 42.0 Å². The smallest absolute Gasteiger partial charge is 0.331 e. The second kappa shape index (κ2) is 10.3. The van der Waals surface area contributed by atoms with E-state index in [2.05, 4.69) is 31.7 Å². The van der Waals surface area contributed by atoms with Crippen molar-refractivity contribution in [1.82, 2.24) is 0 Å². The Bertz CT molecular complexity index is 909. The molecule has 0 bridgehead atoms. The fraction of sp³-hybridized carbons (Fsp3) is 0.500. The number of hydrogen-bond acceptors (Lipinski definition) is 6. The highest BCUT2D eigenvalue weighted by atomic mass is 16.5. The van der Waals surface area contributed by atoms with Gasteiger partial charge in [0.15, 0.2) is 11.4 Å². The summed E-state index contributed by atoms with van der Waals surface area (Å²) in [5, 5.41) is 12.0. The number of rotatable bonds is 8. The first kappa shape index (κ1) is 25.5. The number of methoxy groups -OCH3 is 1. The highest BCUT2D eigenvalue weighted by molar-refractivity contribution is 6.06. The number of ether oxygens (including phenoxy) is 2. The Morgan fingerprint density at radius 1 is 1.44 bits per heavy atom. The van der Waals surface area contributed by atoms with Crippen molar-refractivity contribution in [3.63, 3.8) is 0 Å². The molecule has 0 spiro atoms. The van der Waals surface area contributed by atoms with E-state index >= 15 is 0 Å². The fourth-order valence-electron chi connectivity index (χ4n) is 4.41. The second-order valence-electron chi connectivity index (χ2n) is 9.04. The van der Waals surface area contributed by atoms with Crippen LogP contribution >= 0.6 is 0 Å². The van der Waals surface area contributed by atoms with Gasteiger partial charge in [-0.1, -0.05) is 69.7 Å². The number of ketones is 1. The zero-order valence-corrected chi connectivity index (χ0v) is 19.9. The van der Waals surface area contributed by atoms with Crippen LogP contribution in [0.1, 0.15) is 47.5 Å². The number of nitrogens with zero attached hydrogens (tertiary/aromatic N) is 1. The molecule has 0 aromatic rings. The van der Waals surface area contributed by atoms with Crippen LogP contribution in [0.15, 0.2) is 64.9 Å². The summed E-state index contributed by atoms with van der Waals surface area (Å²) in [5.74, 6) is -0.352. The zero-order chi connectivity index (χ0) is 24.1. The number of fused-ring (bicyclic) bond motifs is 1. The van der Waals surface area contributed by atoms with Gasteiger partial charge in [0.2, 0.25) is 0 Å². The van der Waals surface area contributed by atoms with Gasteiger partial charge in [-0.25, -0.2) is 4.79 Å². The summed E-state index contributed by atoms with van der Waals surface area (Å²) in [6.45, 7) is 14.1. The topological polar surface area (TPSA) is 85.2 Å². The molecular weight excluding hydrogens is 406 g/mol. The lowest BCUT2D eigenvalue weighted by molar-refractivity contribution is -0.148. The minimum Gasteiger partial charge on any atom is -0.455 e. The minimum atomic E-state index is -1.34. The van der Waals surface area contributed by atoms with E-state index in [1.54, 1.807) is 12.2 Å². The molecule has 0 amide bonds. The molecule has 6 heteroatoms. The summed E-state index contributed by atoms with van der Waals surface area (Å²) in [6.07, 6.45) is 12.6. The molecule has 0 unspecified atom stereocenters. The van der Waals surface area contributed by atoms with Crippen molar-refractivity contribution in [1.29, 1.82) is 0 Å². The summed E-state index contributed by atoms with van der Waals surface area (Å²) in [4.78, 5) is 25.4. The molecule has 32 heavy (non-hydrogen) atoms. The Kier molecular flexibility index (Phi) is 8.18. The minimum absolute atomic E-state index is 0.130. The highest BCUT2D eigenvalue weighted by Gasteiger charge is 2.54. The van der Waals surface area contributed by atoms with Gasteiger partial charge in [0, 0.05) is 30.1 Å². The van der Waals surface area contributed by atoms with Crippen molar-refractivity contribution in [2.75, 3.05) is 7.11 Å². The largest absolute Gasteiger partial charge is 0.455 e. The van der Waals surface area contributed by atoms with Crippen LogP contribution in [0.4, 0.5) is 0 Å². The summed E-state index contributed by atoms with van der Waals surface area (Å²) in [5.41, 5.74) is 0.278. The number of esters is 1. The maximum Gasteiger partial charge on any atom is 0.331 e. The predicted molar refractivity (Wildman–Crippen MR) is 126 cm³/mol. The van der Waals surface area contributed by atoms with Gasteiger partial charge in [-0.15, -0.1) is 0 Å². The van der Waals surface area contributed by atoms with E-state index in [4.69, 9.17) is 14.7 Å². The summed E-state index contributed by atoms with van der Waals surface area (Å²) in [7, 11) is 1.44. The number of hydrogen-bond donors (Lipinski definition) is 1. The second-order valence-corrected chi connectivity index (χ2v) is 9.04. The van der Waals surface area contributed by atoms with E-state index in [1.807, 2.05) is 32.9 Å².